The maximum atomic E-state index is 12.9. The van der Waals surface area contributed by atoms with Crippen molar-refractivity contribution in [3.63, 3.8) is 0 Å². The topological polar surface area (TPSA) is 82.7 Å². The van der Waals surface area contributed by atoms with Gasteiger partial charge in [-0.15, -0.1) is 0 Å². The fourth-order valence-corrected chi connectivity index (χ4v) is 3.61. The third-order valence-corrected chi connectivity index (χ3v) is 5.08. The number of hydrogen-bond acceptors (Lipinski definition) is 5. The first-order valence-corrected chi connectivity index (χ1v) is 10.2. The minimum absolute atomic E-state index is 0.0524. The summed E-state index contributed by atoms with van der Waals surface area (Å²) in [4.78, 5) is 25.5. The molecule has 154 valence electrons. The highest BCUT2D eigenvalue weighted by Crippen LogP contribution is 2.26. The van der Waals surface area contributed by atoms with E-state index in [4.69, 9.17) is 13.9 Å². The fraction of sp³-hybridized carbons (Fsp3) is 0.619. The number of furan rings is 1. The molecule has 2 aromatic rings. The summed E-state index contributed by atoms with van der Waals surface area (Å²) < 4.78 is 18.5. The quantitative estimate of drug-likeness (QED) is 0.658. The predicted molar refractivity (Wildman–Crippen MR) is 105 cm³/mol. The Morgan fingerprint density at radius 2 is 2.21 bits per heavy atom. The molecule has 7 nitrogen and oxygen atoms in total. The number of carbonyl (C=O) groups excluding carboxylic acids is 2. The van der Waals surface area contributed by atoms with E-state index in [1.54, 1.807) is 12.3 Å². The van der Waals surface area contributed by atoms with Crippen LogP contribution in [0.5, 0.6) is 0 Å². The molecule has 1 saturated heterocycles. The van der Waals surface area contributed by atoms with Gasteiger partial charge in [0.05, 0.1) is 17.9 Å². The lowest BCUT2D eigenvalue weighted by molar-refractivity contribution is -0.130. The molecule has 1 aliphatic rings. The van der Waals surface area contributed by atoms with E-state index < -0.39 is 12.1 Å². The standard InChI is InChI=1S/C21H30N2O5/c1-4-5-8-18(20(24)22-13-15-7-6-10-26-15)28-21(25)17-12-19-16(9-11-27-19)23(17)14(2)3/h9,11-12,14-15,18H,4-8,10,13H2,1-3H3,(H,22,24)/t15-,18-/m1/s1. The highest BCUT2D eigenvalue weighted by molar-refractivity contribution is 5.95. The molecular formula is C21H30N2O5. The molecule has 1 amide bonds. The molecule has 2 aromatic heterocycles. The van der Waals surface area contributed by atoms with Crippen molar-refractivity contribution in [2.75, 3.05) is 13.2 Å². The number of aromatic nitrogens is 1. The number of nitrogens with one attached hydrogen (secondary N) is 1. The van der Waals surface area contributed by atoms with Gasteiger partial charge in [-0.25, -0.2) is 4.79 Å². The van der Waals surface area contributed by atoms with Crippen molar-refractivity contribution in [2.24, 2.45) is 0 Å². The van der Waals surface area contributed by atoms with Crippen LogP contribution >= 0.6 is 0 Å². The maximum Gasteiger partial charge on any atom is 0.355 e. The number of amides is 1. The molecule has 2 atom stereocenters. The predicted octanol–water partition coefficient (Wildman–Crippen LogP) is 3.83. The number of nitrogens with zero attached hydrogens (tertiary/aromatic N) is 1. The third kappa shape index (κ3) is 4.58. The van der Waals surface area contributed by atoms with Crippen LogP contribution in [0.1, 0.15) is 69.4 Å². The Balaban J connectivity index is 1.70. The Labute approximate surface area is 165 Å². The fourth-order valence-electron chi connectivity index (χ4n) is 3.61. The van der Waals surface area contributed by atoms with Crippen LogP contribution in [0.3, 0.4) is 0 Å². The Morgan fingerprint density at radius 3 is 2.89 bits per heavy atom. The van der Waals surface area contributed by atoms with Crippen LogP contribution in [0.25, 0.3) is 11.1 Å². The lowest BCUT2D eigenvalue weighted by Gasteiger charge is -2.20. The SMILES string of the molecule is CCCC[C@@H](OC(=O)c1cc2occc2n1C(C)C)C(=O)NC[C@H]1CCCO1. The number of hydrogen-bond donors (Lipinski definition) is 1. The molecular weight excluding hydrogens is 360 g/mol. The second-order valence-electron chi connectivity index (χ2n) is 7.58. The second kappa shape index (κ2) is 9.28. The van der Waals surface area contributed by atoms with Crippen molar-refractivity contribution in [1.29, 1.82) is 0 Å². The molecule has 1 N–H and O–H groups in total. The minimum Gasteiger partial charge on any atom is -0.463 e. The normalized spacial score (nSPS) is 17.9. The van der Waals surface area contributed by atoms with E-state index in [1.165, 1.54) is 0 Å². The number of carbonyl (C=O) groups is 2. The molecule has 0 saturated carbocycles. The van der Waals surface area contributed by atoms with E-state index in [1.807, 2.05) is 31.4 Å². The van der Waals surface area contributed by atoms with Crippen molar-refractivity contribution < 1.29 is 23.5 Å². The van der Waals surface area contributed by atoms with Gasteiger partial charge in [-0.05, 0) is 39.5 Å². The molecule has 0 radical (unpaired) electrons. The average molecular weight is 390 g/mol. The van der Waals surface area contributed by atoms with Gasteiger partial charge in [-0.2, -0.15) is 0 Å². The lowest BCUT2D eigenvalue weighted by Crippen LogP contribution is -2.41. The summed E-state index contributed by atoms with van der Waals surface area (Å²) in [5.74, 6) is -0.767. The molecule has 3 heterocycles. The highest BCUT2D eigenvalue weighted by atomic mass is 16.5. The molecule has 0 aliphatic carbocycles. The van der Waals surface area contributed by atoms with Gasteiger partial charge >= 0.3 is 5.97 Å². The molecule has 0 bridgehead atoms. The summed E-state index contributed by atoms with van der Waals surface area (Å²) in [6.45, 7) is 7.22. The third-order valence-electron chi connectivity index (χ3n) is 5.08. The van der Waals surface area contributed by atoms with Crippen LogP contribution in [0, 0.1) is 0 Å². The molecule has 0 aromatic carbocycles. The largest absolute Gasteiger partial charge is 0.463 e. The Morgan fingerprint density at radius 1 is 1.39 bits per heavy atom. The van der Waals surface area contributed by atoms with E-state index in [2.05, 4.69) is 5.32 Å². The summed E-state index contributed by atoms with van der Waals surface area (Å²) in [7, 11) is 0. The maximum absolute atomic E-state index is 12.9. The number of fused-ring (bicyclic) bond motifs is 1. The van der Waals surface area contributed by atoms with Crippen LogP contribution in [0.15, 0.2) is 22.8 Å². The monoisotopic (exact) mass is 390 g/mol. The van der Waals surface area contributed by atoms with Gasteiger partial charge in [0, 0.05) is 31.3 Å². The minimum atomic E-state index is -0.810. The van der Waals surface area contributed by atoms with Crippen molar-refractivity contribution in [3.05, 3.63) is 24.1 Å². The van der Waals surface area contributed by atoms with Gasteiger partial charge in [0.1, 0.15) is 5.69 Å². The summed E-state index contributed by atoms with van der Waals surface area (Å²) in [6.07, 6.45) is 5.02. The van der Waals surface area contributed by atoms with Gasteiger partial charge in [-0.1, -0.05) is 13.3 Å². The first kappa shape index (κ1) is 20.5. The van der Waals surface area contributed by atoms with Crippen LogP contribution in [-0.4, -0.2) is 41.8 Å². The number of esters is 1. The molecule has 1 fully saturated rings. The molecule has 7 heteroatoms. The number of ether oxygens (including phenoxy) is 2. The Kier molecular flexibility index (Phi) is 6.78. The first-order valence-electron chi connectivity index (χ1n) is 10.2. The van der Waals surface area contributed by atoms with Crippen LogP contribution < -0.4 is 5.32 Å². The van der Waals surface area contributed by atoms with E-state index in [0.29, 0.717) is 24.2 Å². The van der Waals surface area contributed by atoms with Gasteiger partial charge < -0.3 is 23.8 Å². The summed E-state index contributed by atoms with van der Waals surface area (Å²) in [6, 6.07) is 3.56. The summed E-state index contributed by atoms with van der Waals surface area (Å²) in [5, 5.41) is 2.88. The zero-order valence-corrected chi connectivity index (χ0v) is 16.9. The summed E-state index contributed by atoms with van der Waals surface area (Å²) in [5.41, 5.74) is 1.88. The smallest absolute Gasteiger partial charge is 0.355 e. The average Bonchev–Trinajstić information content (AvgIpc) is 3.39. The highest BCUT2D eigenvalue weighted by Gasteiger charge is 2.27. The second-order valence-corrected chi connectivity index (χ2v) is 7.58. The molecule has 0 unspecified atom stereocenters. The zero-order chi connectivity index (χ0) is 20.1. The number of rotatable bonds is 9. The lowest BCUT2D eigenvalue weighted by atomic mass is 10.1. The molecule has 3 rings (SSSR count). The van der Waals surface area contributed by atoms with Crippen molar-refractivity contribution in [2.45, 2.75) is 71.1 Å². The van der Waals surface area contributed by atoms with Crippen molar-refractivity contribution >= 4 is 23.0 Å². The van der Waals surface area contributed by atoms with Gasteiger partial charge in [0.25, 0.3) is 5.91 Å². The van der Waals surface area contributed by atoms with Crippen LogP contribution in [0.4, 0.5) is 0 Å². The van der Waals surface area contributed by atoms with Crippen molar-refractivity contribution in [1.82, 2.24) is 9.88 Å². The first-order chi connectivity index (χ1) is 13.5. The van der Waals surface area contributed by atoms with Gasteiger partial charge in [0.2, 0.25) is 0 Å². The zero-order valence-electron chi connectivity index (χ0n) is 16.9. The van der Waals surface area contributed by atoms with Crippen LogP contribution in [0.2, 0.25) is 0 Å². The molecule has 1 aliphatic heterocycles. The van der Waals surface area contributed by atoms with Gasteiger partial charge in [-0.3, -0.25) is 4.79 Å². The van der Waals surface area contributed by atoms with Crippen molar-refractivity contribution in [3.8, 4) is 0 Å². The van der Waals surface area contributed by atoms with Gasteiger partial charge in [0.15, 0.2) is 11.7 Å². The van der Waals surface area contributed by atoms with Crippen LogP contribution in [-0.2, 0) is 14.3 Å². The van der Waals surface area contributed by atoms with E-state index in [-0.39, 0.29) is 18.1 Å². The molecule has 28 heavy (non-hydrogen) atoms. The van der Waals surface area contributed by atoms with E-state index >= 15 is 0 Å². The number of unbranched alkanes of at least 4 members (excludes halogenated alkanes) is 1. The molecule has 0 spiro atoms. The Hall–Kier alpha value is -2.28. The van der Waals surface area contributed by atoms with E-state index in [9.17, 15) is 9.59 Å². The summed E-state index contributed by atoms with van der Waals surface area (Å²) >= 11 is 0. The Bertz CT molecular complexity index is 801. The van der Waals surface area contributed by atoms with E-state index in [0.717, 1.165) is 37.8 Å².